The van der Waals surface area contributed by atoms with Crippen molar-refractivity contribution in [2.24, 2.45) is 0 Å². The van der Waals surface area contributed by atoms with E-state index in [-0.39, 0.29) is 16.8 Å². The lowest BCUT2D eigenvalue weighted by Crippen LogP contribution is -2.42. The molecule has 0 fully saturated rings. The average molecular weight is 510 g/mol. The van der Waals surface area contributed by atoms with Gasteiger partial charge in [-0.25, -0.2) is 4.98 Å². The molecule has 8 nitrogen and oxygen atoms in total. The fraction of sp³-hybridized carbons (Fsp3) is 0.407. The summed E-state index contributed by atoms with van der Waals surface area (Å²) in [4.78, 5) is 36.2. The SMILES string of the molecule is CCC(c1nc2c(c(=O)n1Cc1ccccc1)CCC2Cl)N(CCN(C)C)C(=O)c1cc[n+]([O-])cc1. The summed E-state index contributed by atoms with van der Waals surface area (Å²) in [5, 5.41) is 11.2. The van der Waals surface area contributed by atoms with Crippen LogP contribution in [-0.2, 0) is 13.0 Å². The molecule has 2 unspecified atom stereocenters. The number of pyridine rings is 1. The van der Waals surface area contributed by atoms with Crippen molar-refractivity contribution in [2.75, 3.05) is 27.2 Å². The lowest BCUT2D eigenvalue weighted by Gasteiger charge is -2.33. The lowest BCUT2D eigenvalue weighted by molar-refractivity contribution is -0.605. The molecular weight excluding hydrogens is 478 g/mol. The van der Waals surface area contributed by atoms with E-state index in [0.29, 0.717) is 66.3 Å². The van der Waals surface area contributed by atoms with E-state index < -0.39 is 6.04 Å². The Morgan fingerprint density at radius 1 is 1.19 bits per heavy atom. The number of hydrogen-bond donors (Lipinski definition) is 0. The van der Waals surface area contributed by atoms with Crippen LogP contribution in [0.1, 0.15) is 64.2 Å². The van der Waals surface area contributed by atoms with Gasteiger partial charge in [0.25, 0.3) is 11.5 Å². The molecule has 9 heteroatoms. The van der Waals surface area contributed by atoms with E-state index in [2.05, 4.69) is 0 Å². The van der Waals surface area contributed by atoms with Crippen LogP contribution in [0.15, 0.2) is 59.7 Å². The Balaban J connectivity index is 1.84. The fourth-order valence-electron chi connectivity index (χ4n) is 4.67. The summed E-state index contributed by atoms with van der Waals surface area (Å²) < 4.78 is 2.36. The zero-order valence-electron chi connectivity index (χ0n) is 20.9. The number of nitrogens with zero attached hydrogens (tertiary/aromatic N) is 5. The molecule has 4 rings (SSSR count). The number of carbonyl (C=O) groups excluding carboxylic acids is 1. The zero-order chi connectivity index (χ0) is 25.8. The molecule has 36 heavy (non-hydrogen) atoms. The third-order valence-electron chi connectivity index (χ3n) is 6.61. The van der Waals surface area contributed by atoms with E-state index in [1.165, 1.54) is 24.5 Å². The van der Waals surface area contributed by atoms with Crippen LogP contribution in [0.5, 0.6) is 0 Å². The standard InChI is InChI=1S/C27H32ClN5O3/c1-4-23(32(17-16-30(2)3)26(34)20-12-14-31(36)15-13-20)25-29-24-21(10-11-22(24)28)27(35)33(25)18-19-8-6-5-7-9-19/h5-9,12-15,22-23H,4,10-11,16-18H2,1-3H3. The van der Waals surface area contributed by atoms with Gasteiger partial charge in [-0.2, -0.15) is 4.73 Å². The third kappa shape index (κ3) is 5.44. The molecule has 2 heterocycles. The summed E-state index contributed by atoms with van der Waals surface area (Å²) in [5.74, 6) is 0.326. The number of amides is 1. The fourth-order valence-corrected chi connectivity index (χ4v) is 4.96. The highest BCUT2D eigenvalue weighted by Gasteiger charge is 2.33. The normalized spacial score (nSPS) is 15.6. The number of benzene rings is 1. The largest absolute Gasteiger partial charge is 0.619 e. The number of fused-ring (bicyclic) bond motifs is 1. The third-order valence-corrected chi connectivity index (χ3v) is 7.04. The van der Waals surface area contributed by atoms with Crippen molar-refractivity contribution in [1.82, 2.24) is 19.4 Å². The van der Waals surface area contributed by atoms with Crippen LogP contribution in [-0.4, -0.2) is 52.4 Å². The summed E-state index contributed by atoms with van der Waals surface area (Å²) in [6.45, 7) is 3.40. The Kier molecular flexibility index (Phi) is 8.06. The maximum absolute atomic E-state index is 13.7. The number of hydrogen-bond acceptors (Lipinski definition) is 5. The summed E-state index contributed by atoms with van der Waals surface area (Å²) in [7, 11) is 3.90. The molecule has 0 N–H and O–H groups in total. The van der Waals surface area contributed by atoms with Gasteiger partial charge < -0.3 is 15.0 Å². The maximum Gasteiger partial charge on any atom is 0.257 e. The molecule has 1 aromatic carbocycles. The van der Waals surface area contributed by atoms with Crippen LogP contribution in [0, 0.1) is 5.21 Å². The van der Waals surface area contributed by atoms with Crippen LogP contribution < -0.4 is 10.3 Å². The first kappa shape index (κ1) is 25.9. The summed E-state index contributed by atoms with van der Waals surface area (Å²) >= 11 is 6.57. The highest BCUT2D eigenvalue weighted by molar-refractivity contribution is 6.21. The second-order valence-corrected chi connectivity index (χ2v) is 9.92. The van der Waals surface area contributed by atoms with Gasteiger partial charge in [0.2, 0.25) is 0 Å². The van der Waals surface area contributed by atoms with Gasteiger partial charge in [0.15, 0.2) is 12.4 Å². The number of alkyl halides is 1. The second kappa shape index (κ2) is 11.2. The number of aromatic nitrogens is 3. The van der Waals surface area contributed by atoms with Crippen molar-refractivity contribution in [1.29, 1.82) is 0 Å². The number of carbonyl (C=O) groups is 1. The molecule has 1 amide bonds. The molecule has 2 atom stereocenters. The predicted octanol–water partition coefficient (Wildman–Crippen LogP) is 3.31. The Bertz CT molecular complexity index is 1260. The van der Waals surface area contributed by atoms with Crippen molar-refractivity contribution in [3.63, 3.8) is 0 Å². The molecule has 0 saturated carbocycles. The number of halogens is 1. The molecule has 0 spiro atoms. The maximum atomic E-state index is 13.7. The van der Waals surface area contributed by atoms with Gasteiger partial charge in [-0.1, -0.05) is 37.3 Å². The molecule has 2 aromatic heterocycles. The van der Waals surface area contributed by atoms with Gasteiger partial charge in [0.1, 0.15) is 5.82 Å². The highest BCUT2D eigenvalue weighted by Crippen LogP contribution is 2.35. The summed E-state index contributed by atoms with van der Waals surface area (Å²) in [6.07, 6.45) is 4.46. The first-order valence-corrected chi connectivity index (χ1v) is 12.7. The van der Waals surface area contributed by atoms with Crippen LogP contribution in [0.25, 0.3) is 0 Å². The van der Waals surface area contributed by atoms with E-state index in [1.807, 2.05) is 56.3 Å². The molecular formula is C27H32ClN5O3. The van der Waals surface area contributed by atoms with E-state index in [4.69, 9.17) is 16.6 Å². The molecule has 190 valence electrons. The van der Waals surface area contributed by atoms with Gasteiger partial charge in [-0.3, -0.25) is 14.2 Å². The van der Waals surface area contributed by atoms with E-state index in [9.17, 15) is 14.8 Å². The quantitative estimate of drug-likeness (QED) is 0.251. The van der Waals surface area contributed by atoms with Gasteiger partial charge in [0, 0.05) is 30.8 Å². The molecule has 0 aliphatic heterocycles. The number of rotatable bonds is 9. The smallest absolute Gasteiger partial charge is 0.257 e. The predicted molar refractivity (Wildman–Crippen MR) is 139 cm³/mol. The second-order valence-electron chi connectivity index (χ2n) is 9.39. The van der Waals surface area contributed by atoms with Crippen molar-refractivity contribution in [3.05, 3.63) is 98.6 Å². The average Bonchev–Trinajstić information content (AvgIpc) is 3.24. The minimum absolute atomic E-state index is 0.0902. The van der Waals surface area contributed by atoms with Crippen LogP contribution in [0.4, 0.5) is 0 Å². The van der Waals surface area contributed by atoms with Gasteiger partial charge in [-0.15, -0.1) is 11.6 Å². The minimum atomic E-state index is -0.455. The van der Waals surface area contributed by atoms with Crippen LogP contribution in [0.2, 0.25) is 0 Å². The lowest BCUT2D eigenvalue weighted by atomic mass is 10.1. The van der Waals surface area contributed by atoms with E-state index >= 15 is 0 Å². The first-order chi connectivity index (χ1) is 17.3. The molecule has 0 radical (unpaired) electrons. The van der Waals surface area contributed by atoms with E-state index in [0.717, 1.165) is 5.56 Å². The van der Waals surface area contributed by atoms with E-state index in [1.54, 1.807) is 9.47 Å². The minimum Gasteiger partial charge on any atom is -0.619 e. The van der Waals surface area contributed by atoms with Crippen LogP contribution >= 0.6 is 11.6 Å². The summed E-state index contributed by atoms with van der Waals surface area (Å²) in [6, 6.07) is 12.4. The molecule has 1 aliphatic rings. The van der Waals surface area contributed by atoms with Crippen molar-refractivity contribution >= 4 is 17.5 Å². The van der Waals surface area contributed by atoms with Gasteiger partial charge in [0.05, 0.1) is 29.2 Å². The Labute approximate surface area is 216 Å². The molecule has 0 bridgehead atoms. The molecule has 1 aliphatic carbocycles. The van der Waals surface area contributed by atoms with Crippen molar-refractivity contribution in [3.8, 4) is 0 Å². The van der Waals surface area contributed by atoms with Crippen molar-refractivity contribution in [2.45, 2.75) is 44.1 Å². The molecule has 3 aromatic rings. The first-order valence-electron chi connectivity index (χ1n) is 12.3. The highest BCUT2D eigenvalue weighted by atomic mass is 35.5. The van der Waals surface area contributed by atoms with Gasteiger partial charge >= 0.3 is 0 Å². The van der Waals surface area contributed by atoms with Crippen LogP contribution in [0.3, 0.4) is 0 Å². The Morgan fingerprint density at radius 3 is 2.53 bits per heavy atom. The Morgan fingerprint density at radius 2 is 1.89 bits per heavy atom. The zero-order valence-corrected chi connectivity index (χ0v) is 21.7. The van der Waals surface area contributed by atoms with Crippen molar-refractivity contribution < 1.29 is 9.52 Å². The summed E-state index contributed by atoms with van der Waals surface area (Å²) in [5.41, 5.74) is 2.60. The number of likely N-dealkylation sites (N-methyl/N-ethyl adjacent to an activating group) is 1. The Hall–Kier alpha value is -3.23. The topological polar surface area (TPSA) is 85.4 Å². The molecule has 0 saturated heterocycles. The monoisotopic (exact) mass is 509 g/mol. The van der Waals surface area contributed by atoms with Gasteiger partial charge in [-0.05, 0) is 38.9 Å².